The van der Waals surface area contributed by atoms with Gasteiger partial charge in [-0.1, -0.05) is 19.1 Å². The van der Waals surface area contributed by atoms with Crippen molar-refractivity contribution >= 4 is 11.6 Å². The predicted octanol–water partition coefficient (Wildman–Crippen LogP) is 1.37. The summed E-state index contributed by atoms with van der Waals surface area (Å²) in [5, 5.41) is 13.7. The minimum absolute atomic E-state index is 0.0758. The van der Waals surface area contributed by atoms with Crippen LogP contribution in [0.5, 0.6) is 0 Å². The summed E-state index contributed by atoms with van der Waals surface area (Å²) in [5.41, 5.74) is 5.88. The third-order valence-corrected chi connectivity index (χ3v) is 2.78. The number of amides is 1. The molecule has 0 aliphatic rings. The molecule has 0 aliphatic heterocycles. The van der Waals surface area contributed by atoms with Crippen LogP contribution in [0, 0.1) is 17.0 Å². The van der Waals surface area contributed by atoms with E-state index >= 15 is 0 Å². The fourth-order valence-electron chi connectivity index (χ4n) is 1.68. The van der Waals surface area contributed by atoms with Crippen LogP contribution >= 0.6 is 0 Å². The second kappa shape index (κ2) is 6.11. The van der Waals surface area contributed by atoms with Gasteiger partial charge in [-0.25, -0.2) is 0 Å². The molecule has 98 valence electrons. The van der Waals surface area contributed by atoms with Crippen LogP contribution in [0.1, 0.15) is 29.3 Å². The number of hydrogen-bond donors (Lipinski definition) is 2. The Kier molecular flexibility index (Phi) is 4.79. The van der Waals surface area contributed by atoms with E-state index in [4.69, 9.17) is 5.73 Å². The van der Waals surface area contributed by atoms with Crippen LogP contribution in [0.2, 0.25) is 0 Å². The van der Waals surface area contributed by atoms with E-state index < -0.39 is 10.8 Å². The molecule has 6 heteroatoms. The van der Waals surface area contributed by atoms with Crippen molar-refractivity contribution in [1.29, 1.82) is 0 Å². The number of carbonyl (C=O) groups excluding carboxylic acids is 1. The maximum atomic E-state index is 12.0. The molecule has 0 heterocycles. The van der Waals surface area contributed by atoms with Crippen LogP contribution in [0.3, 0.4) is 0 Å². The molecule has 0 aliphatic carbocycles. The minimum Gasteiger partial charge on any atom is -0.348 e. The molecular formula is C12H17N3O3. The van der Waals surface area contributed by atoms with Gasteiger partial charge in [-0.05, 0) is 19.4 Å². The number of rotatable bonds is 5. The molecular weight excluding hydrogens is 234 g/mol. The first-order chi connectivity index (χ1) is 8.51. The van der Waals surface area contributed by atoms with Crippen LogP contribution in [0.4, 0.5) is 5.69 Å². The first kappa shape index (κ1) is 14.1. The molecule has 0 bridgehead atoms. The largest absolute Gasteiger partial charge is 0.348 e. The summed E-state index contributed by atoms with van der Waals surface area (Å²) in [6.07, 6.45) is 0.682. The SMILES string of the molecule is CCC(CN)NC(=O)c1cccc(C)c1[N+](=O)[O-]. The fourth-order valence-corrected chi connectivity index (χ4v) is 1.68. The van der Waals surface area contributed by atoms with Gasteiger partial charge < -0.3 is 11.1 Å². The summed E-state index contributed by atoms with van der Waals surface area (Å²) in [7, 11) is 0. The Bertz CT molecular complexity index is 456. The molecule has 1 amide bonds. The van der Waals surface area contributed by atoms with Gasteiger partial charge in [0.15, 0.2) is 0 Å². The van der Waals surface area contributed by atoms with Crippen LogP contribution in [-0.4, -0.2) is 23.4 Å². The van der Waals surface area contributed by atoms with E-state index in [2.05, 4.69) is 5.32 Å². The van der Waals surface area contributed by atoms with E-state index in [1.807, 2.05) is 6.92 Å². The van der Waals surface area contributed by atoms with E-state index in [1.165, 1.54) is 6.07 Å². The highest BCUT2D eigenvalue weighted by Gasteiger charge is 2.23. The number of nitrogens with one attached hydrogen (secondary N) is 1. The van der Waals surface area contributed by atoms with Gasteiger partial charge in [-0.2, -0.15) is 0 Å². The number of nitrogens with zero attached hydrogens (tertiary/aromatic N) is 1. The van der Waals surface area contributed by atoms with Gasteiger partial charge >= 0.3 is 0 Å². The topological polar surface area (TPSA) is 98.3 Å². The molecule has 1 atom stereocenters. The van der Waals surface area contributed by atoms with Crippen molar-refractivity contribution < 1.29 is 9.72 Å². The van der Waals surface area contributed by atoms with Crippen molar-refractivity contribution in [2.24, 2.45) is 5.73 Å². The van der Waals surface area contributed by atoms with Crippen molar-refractivity contribution in [2.45, 2.75) is 26.3 Å². The van der Waals surface area contributed by atoms with Gasteiger partial charge in [0, 0.05) is 18.2 Å². The Morgan fingerprint density at radius 2 is 2.22 bits per heavy atom. The molecule has 3 N–H and O–H groups in total. The Morgan fingerprint density at radius 1 is 1.56 bits per heavy atom. The van der Waals surface area contributed by atoms with Crippen molar-refractivity contribution in [3.05, 3.63) is 39.4 Å². The summed E-state index contributed by atoms with van der Waals surface area (Å²) in [6.45, 7) is 3.81. The first-order valence-corrected chi connectivity index (χ1v) is 5.76. The zero-order chi connectivity index (χ0) is 13.7. The smallest absolute Gasteiger partial charge is 0.285 e. The number of nitrogens with two attached hydrogens (primary N) is 1. The normalized spacial score (nSPS) is 11.9. The van der Waals surface area contributed by atoms with Crippen LogP contribution < -0.4 is 11.1 Å². The summed E-state index contributed by atoms with van der Waals surface area (Å²) in [5.74, 6) is -0.456. The molecule has 1 aromatic rings. The average Bonchev–Trinajstić information content (AvgIpc) is 2.34. The quantitative estimate of drug-likeness (QED) is 0.610. The number of benzene rings is 1. The van der Waals surface area contributed by atoms with E-state index in [1.54, 1.807) is 19.1 Å². The van der Waals surface area contributed by atoms with Gasteiger partial charge in [-0.3, -0.25) is 14.9 Å². The fraction of sp³-hybridized carbons (Fsp3) is 0.417. The molecule has 1 rings (SSSR count). The summed E-state index contributed by atoms with van der Waals surface area (Å²) in [6, 6.07) is 4.51. The zero-order valence-corrected chi connectivity index (χ0v) is 10.5. The third kappa shape index (κ3) is 3.04. The lowest BCUT2D eigenvalue weighted by atomic mass is 10.1. The number of para-hydroxylation sites is 1. The standard InChI is InChI=1S/C12H17N3O3/c1-3-9(7-13)14-12(16)10-6-4-5-8(2)11(10)15(17)18/h4-6,9H,3,7,13H2,1-2H3,(H,14,16). The summed E-state index contributed by atoms with van der Waals surface area (Å²) >= 11 is 0. The van der Waals surface area contributed by atoms with E-state index in [9.17, 15) is 14.9 Å². The molecule has 18 heavy (non-hydrogen) atoms. The Balaban J connectivity index is 3.06. The molecule has 0 aromatic heterocycles. The summed E-state index contributed by atoms with van der Waals surface area (Å²) < 4.78 is 0. The van der Waals surface area contributed by atoms with Crippen LogP contribution in [-0.2, 0) is 0 Å². The molecule has 0 spiro atoms. The van der Waals surface area contributed by atoms with Crippen LogP contribution in [0.15, 0.2) is 18.2 Å². The van der Waals surface area contributed by atoms with Crippen molar-refractivity contribution in [3.63, 3.8) is 0 Å². The number of carbonyl (C=O) groups is 1. The predicted molar refractivity (Wildman–Crippen MR) is 68.4 cm³/mol. The second-order valence-electron chi connectivity index (χ2n) is 4.04. The highest BCUT2D eigenvalue weighted by atomic mass is 16.6. The average molecular weight is 251 g/mol. The van der Waals surface area contributed by atoms with E-state index in [-0.39, 0.29) is 17.3 Å². The van der Waals surface area contributed by atoms with Gasteiger partial charge in [0.25, 0.3) is 11.6 Å². The maximum absolute atomic E-state index is 12.0. The van der Waals surface area contributed by atoms with Crippen LogP contribution in [0.25, 0.3) is 0 Å². The molecule has 1 unspecified atom stereocenters. The molecule has 6 nitrogen and oxygen atoms in total. The maximum Gasteiger partial charge on any atom is 0.285 e. The van der Waals surface area contributed by atoms with Crippen molar-refractivity contribution in [1.82, 2.24) is 5.32 Å². The number of hydrogen-bond acceptors (Lipinski definition) is 4. The van der Waals surface area contributed by atoms with Gasteiger partial charge in [0.05, 0.1) is 4.92 Å². The minimum atomic E-state index is -0.534. The van der Waals surface area contributed by atoms with E-state index in [0.29, 0.717) is 18.5 Å². The highest BCUT2D eigenvalue weighted by molar-refractivity contribution is 5.98. The van der Waals surface area contributed by atoms with Gasteiger partial charge in [0.2, 0.25) is 0 Å². The van der Waals surface area contributed by atoms with Gasteiger partial charge in [-0.15, -0.1) is 0 Å². The molecule has 0 saturated heterocycles. The first-order valence-electron chi connectivity index (χ1n) is 5.76. The Labute approximate surface area is 105 Å². The van der Waals surface area contributed by atoms with E-state index in [0.717, 1.165) is 0 Å². The molecule has 0 saturated carbocycles. The molecule has 0 radical (unpaired) electrons. The lowest BCUT2D eigenvalue weighted by Crippen LogP contribution is -2.39. The number of nitro benzene ring substituents is 1. The lowest BCUT2D eigenvalue weighted by Gasteiger charge is -2.14. The molecule has 1 aromatic carbocycles. The van der Waals surface area contributed by atoms with Crippen molar-refractivity contribution in [2.75, 3.05) is 6.54 Å². The number of aryl methyl sites for hydroxylation is 1. The Morgan fingerprint density at radius 3 is 2.72 bits per heavy atom. The lowest BCUT2D eigenvalue weighted by molar-refractivity contribution is -0.385. The zero-order valence-electron chi connectivity index (χ0n) is 10.5. The summed E-state index contributed by atoms with van der Waals surface area (Å²) in [4.78, 5) is 22.4. The van der Waals surface area contributed by atoms with Crippen molar-refractivity contribution in [3.8, 4) is 0 Å². The highest BCUT2D eigenvalue weighted by Crippen LogP contribution is 2.22. The Hall–Kier alpha value is -1.95. The monoisotopic (exact) mass is 251 g/mol. The third-order valence-electron chi connectivity index (χ3n) is 2.78. The second-order valence-corrected chi connectivity index (χ2v) is 4.04. The number of nitro groups is 1. The van der Waals surface area contributed by atoms with Gasteiger partial charge in [0.1, 0.15) is 5.56 Å². The molecule has 0 fully saturated rings.